The summed E-state index contributed by atoms with van der Waals surface area (Å²) in [6.07, 6.45) is 1.84. The number of hydrogen-bond acceptors (Lipinski definition) is 3. The Kier molecular flexibility index (Phi) is 2.85. The molecule has 0 radical (unpaired) electrons. The highest BCUT2D eigenvalue weighted by Crippen LogP contribution is 2.30. The lowest BCUT2D eigenvalue weighted by molar-refractivity contribution is -0.0220. The van der Waals surface area contributed by atoms with Crippen LogP contribution in [0.4, 0.5) is 14.5 Å². The van der Waals surface area contributed by atoms with Crippen LogP contribution >= 0.6 is 0 Å². The second kappa shape index (κ2) is 4.15. The molecule has 0 saturated carbocycles. The van der Waals surface area contributed by atoms with E-state index in [4.69, 9.17) is 0 Å². The normalized spacial score (nSPS) is 19.5. The van der Waals surface area contributed by atoms with Crippen LogP contribution in [0, 0.1) is 0 Å². The van der Waals surface area contributed by atoms with E-state index in [1.165, 1.54) is 6.20 Å². The molecule has 1 saturated heterocycles. The molecule has 1 aromatic heterocycles. The second-order valence-corrected chi connectivity index (χ2v) is 3.87. The number of hydrogen-bond donors (Lipinski definition) is 0. The van der Waals surface area contributed by atoms with E-state index in [2.05, 4.69) is 4.98 Å². The first kappa shape index (κ1) is 11.0. The third kappa shape index (κ3) is 2.18. The van der Waals surface area contributed by atoms with Crippen molar-refractivity contribution in [2.24, 2.45) is 0 Å². The molecule has 0 unspecified atom stereocenters. The highest BCUT2D eigenvalue weighted by Gasteiger charge is 2.34. The van der Waals surface area contributed by atoms with Gasteiger partial charge < -0.3 is 4.90 Å². The van der Waals surface area contributed by atoms with E-state index in [9.17, 15) is 13.6 Å². The molecule has 2 rings (SSSR count). The zero-order valence-corrected chi connectivity index (χ0v) is 8.70. The SMILES string of the molecule is O=Cc1ncccc1N1CCC(F)(F)CC1. The van der Waals surface area contributed by atoms with Gasteiger partial charge in [0.15, 0.2) is 6.29 Å². The molecule has 0 aromatic carbocycles. The number of piperidine rings is 1. The molecular weight excluding hydrogens is 214 g/mol. The van der Waals surface area contributed by atoms with Gasteiger partial charge in [0.2, 0.25) is 0 Å². The molecule has 2 heterocycles. The highest BCUT2D eigenvalue weighted by molar-refractivity contribution is 5.81. The molecule has 1 aliphatic heterocycles. The smallest absolute Gasteiger partial charge is 0.251 e. The summed E-state index contributed by atoms with van der Waals surface area (Å²) >= 11 is 0. The van der Waals surface area contributed by atoms with E-state index in [-0.39, 0.29) is 25.9 Å². The van der Waals surface area contributed by atoms with Gasteiger partial charge in [0.1, 0.15) is 5.69 Å². The molecule has 0 amide bonds. The lowest BCUT2D eigenvalue weighted by Gasteiger charge is -2.33. The van der Waals surface area contributed by atoms with E-state index in [1.807, 2.05) is 0 Å². The van der Waals surface area contributed by atoms with Gasteiger partial charge >= 0.3 is 0 Å². The summed E-state index contributed by atoms with van der Waals surface area (Å²) in [6.45, 7) is 0.527. The van der Waals surface area contributed by atoms with Crippen LogP contribution in [0.1, 0.15) is 23.3 Å². The van der Waals surface area contributed by atoms with Crippen LogP contribution < -0.4 is 4.90 Å². The van der Waals surface area contributed by atoms with Gasteiger partial charge in [0.05, 0.1) is 5.69 Å². The van der Waals surface area contributed by atoms with Crippen molar-refractivity contribution in [2.45, 2.75) is 18.8 Å². The summed E-state index contributed by atoms with van der Waals surface area (Å²) in [5.74, 6) is -2.57. The molecule has 86 valence electrons. The second-order valence-electron chi connectivity index (χ2n) is 3.87. The molecular formula is C11H12F2N2O. The maximum atomic E-state index is 13.0. The topological polar surface area (TPSA) is 33.2 Å². The van der Waals surface area contributed by atoms with Gasteiger partial charge in [0.25, 0.3) is 5.92 Å². The fourth-order valence-corrected chi connectivity index (χ4v) is 1.84. The van der Waals surface area contributed by atoms with E-state index in [0.29, 0.717) is 17.7 Å². The number of anilines is 1. The first-order chi connectivity index (χ1) is 7.62. The number of aromatic nitrogens is 1. The van der Waals surface area contributed by atoms with Gasteiger partial charge in [-0.2, -0.15) is 0 Å². The first-order valence-electron chi connectivity index (χ1n) is 5.15. The van der Waals surface area contributed by atoms with E-state index < -0.39 is 5.92 Å². The third-order valence-electron chi connectivity index (χ3n) is 2.76. The van der Waals surface area contributed by atoms with Crippen LogP contribution in [-0.4, -0.2) is 30.3 Å². The number of nitrogens with zero attached hydrogens (tertiary/aromatic N) is 2. The molecule has 16 heavy (non-hydrogen) atoms. The zero-order chi connectivity index (χ0) is 11.6. The van der Waals surface area contributed by atoms with Crippen LogP contribution in [0.25, 0.3) is 0 Å². The predicted octanol–water partition coefficient (Wildman–Crippen LogP) is 2.13. The molecule has 1 aliphatic rings. The summed E-state index contributed by atoms with van der Waals surface area (Å²) in [4.78, 5) is 16.5. The fraction of sp³-hybridized carbons (Fsp3) is 0.455. The molecule has 0 atom stereocenters. The summed E-state index contributed by atoms with van der Waals surface area (Å²) in [6, 6.07) is 3.44. The van der Waals surface area contributed by atoms with Gasteiger partial charge in [-0.05, 0) is 12.1 Å². The fourth-order valence-electron chi connectivity index (χ4n) is 1.84. The summed E-state index contributed by atoms with van der Waals surface area (Å²) in [5, 5.41) is 0. The van der Waals surface area contributed by atoms with E-state index in [0.717, 1.165) is 0 Å². The van der Waals surface area contributed by atoms with E-state index >= 15 is 0 Å². The summed E-state index contributed by atoms with van der Waals surface area (Å²) in [5.41, 5.74) is 0.959. The molecule has 3 nitrogen and oxygen atoms in total. The maximum Gasteiger partial charge on any atom is 0.251 e. The van der Waals surface area contributed by atoms with Crippen LogP contribution in [0.2, 0.25) is 0 Å². The average Bonchev–Trinajstić information content (AvgIpc) is 2.29. The van der Waals surface area contributed by atoms with Gasteiger partial charge in [-0.15, -0.1) is 0 Å². The first-order valence-corrected chi connectivity index (χ1v) is 5.15. The van der Waals surface area contributed by atoms with Crippen molar-refractivity contribution in [2.75, 3.05) is 18.0 Å². The van der Waals surface area contributed by atoms with Crippen molar-refractivity contribution in [1.82, 2.24) is 4.98 Å². The number of rotatable bonds is 2. The zero-order valence-electron chi connectivity index (χ0n) is 8.70. The molecule has 0 spiro atoms. The molecule has 1 fully saturated rings. The number of carbonyl (C=O) groups is 1. The van der Waals surface area contributed by atoms with Crippen LogP contribution in [-0.2, 0) is 0 Å². The Hall–Kier alpha value is -1.52. The third-order valence-corrected chi connectivity index (χ3v) is 2.76. The molecule has 0 N–H and O–H groups in total. The van der Waals surface area contributed by atoms with Gasteiger partial charge in [-0.3, -0.25) is 9.78 Å². The molecule has 0 bridgehead atoms. The monoisotopic (exact) mass is 226 g/mol. The van der Waals surface area contributed by atoms with Crippen molar-refractivity contribution in [3.05, 3.63) is 24.0 Å². The number of pyridine rings is 1. The van der Waals surface area contributed by atoms with E-state index in [1.54, 1.807) is 17.0 Å². The Labute approximate surface area is 92.1 Å². The largest absolute Gasteiger partial charge is 0.369 e. The van der Waals surface area contributed by atoms with Gasteiger partial charge in [0, 0.05) is 32.1 Å². The van der Waals surface area contributed by atoms with Crippen molar-refractivity contribution in [3.63, 3.8) is 0 Å². The van der Waals surface area contributed by atoms with Crippen molar-refractivity contribution < 1.29 is 13.6 Å². The van der Waals surface area contributed by atoms with Gasteiger partial charge in [-0.25, -0.2) is 8.78 Å². The Balaban J connectivity index is 2.17. The van der Waals surface area contributed by atoms with Crippen molar-refractivity contribution in [3.8, 4) is 0 Å². The lowest BCUT2D eigenvalue weighted by atomic mass is 10.1. The van der Waals surface area contributed by atoms with Crippen LogP contribution in [0.15, 0.2) is 18.3 Å². The van der Waals surface area contributed by atoms with Crippen LogP contribution in [0.3, 0.4) is 0 Å². The summed E-state index contributed by atoms with van der Waals surface area (Å²) in [7, 11) is 0. The minimum atomic E-state index is -2.57. The standard InChI is InChI=1S/C11H12F2N2O/c12-11(13)3-6-15(7-4-11)10-2-1-5-14-9(10)8-16/h1-2,5,8H,3-4,6-7H2. The lowest BCUT2D eigenvalue weighted by Crippen LogP contribution is -2.39. The number of carbonyl (C=O) groups excluding carboxylic acids is 1. The number of alkyl halides is 2. The Bertz CT molecular complexity index is 385. The molecule has 5 heteroatoms. The van der Waals surface area contributed by atoms with Crippen molar-refractivity contribution >= 4 is 12.0 Å². The minimum absolute atomic E-state index is 0.166. The van der Waals surface area contributed by atoms with Crippen molar-refractivity contribution in [1.29, 1.82) is 0 Å². The quantitative estimate of drug-likeness (QED) is 0.724. The predicted molar refractivity (Wildman–Crippen MR) is 56.0 cm³/mol. The molecule has 0 aliphatic carbocycles. The Morgan fingerprint density at radius 2 is 2.06 bits per heavy atom. The summed E-state index contributed by atoms with van der Waals surface area (Å²) < 4.78 is 25.9. The highest BCUT2D eigenvalue weighted by atomic mass is 19.3. The number of halogens is 2. The Morgan fingerprint density at radius 1 is 1.38 bits per heavy atom. The van der Waals surface area contributed by atoms with Crippen LogP contribution in [0.5, 0.6) is 0 Å². The number of aldehydes is 1. The maximum absolute atomic E-state index is 13.0. The Morgan fingerprint density at radius 3 is 2.69 bits per heavy atom. The molecule has 1 aromatic rings. The minimum Gasteiger partial charge on any atom is -0.369 e. The van der Waals surface area contributed by atoms with Gasteiger partial charge in [-0.1, -0.05) is 0 Å². The average molecular weight is 226 g/mol.